The molecular formula is C19H22FN3O. The quantitative estimate of drug-likeness (QED) is 0.796. The Hall–Kier alpha value is -2.01. The van der Waals surface area contributed by atoms with E-state index in [1.807, 2.05) is 6.07 Å². The number of aromatic nitrogens is 2. The topological polar surface area (TPSA) is 46.9 Å². The predicted octanol–water partition coefficient (Wildman–Crippen LogP) is 2.84. The van der Waals surface area contributed by atoms with Gasteiger partial charge in [-0.2, -0.15) is 5.10 Å². The van der Waals surface area contributed by atoms with Gasteiger partial charge in [-0.3, -0.25) is 9.48 Å². The molecule has 2 aromatic rings. The van der Waals surface area contributed by atoms with Crippen LogP contribution in [0.25, 0.3) is 0 Å². The predicted molar refractivity (Wildman–Crippen MR) is 89.5 cm³/mol. The average Bonchev–Trinajstić information content (AvgIpc) is 3.46. The van der Waals surface area contributed by atoms with Crippen LogP contribution in [0.4, 0.5) is 4.39 Å². The maximum Gasteiger partial charge on any atom is 0.170 e. The molecule has 0 radical (unpaired) electrons. The van der Waals surface area contributed by atoms with Gasteiger partial charge in [-0.25, -0.2) is 4.39 Å². The highest BCUT2D eigenvalue weighted by atomic mass is 19.1. The van der Waals surface area contributed by atoms with E-state index in [-0.39, 0.29) is 17.8 Å². The number of carbonyl (C=O) groups excluding carboxylic acids is 1. The number of hydrogen-bond acceptors (Lipinski definition) is 3. The summed E-state index contributed by atoms with van der Waals surface area (Å²) in [6.45, 7) is 1.09. The lowest BCUT2D eigenvalue weighted by molar-refractivity contribution is 0.0989. The molecule has 2 unspecified atom stereocenters. The Kier molecular flexibility index (Phi) is 3.96. The molecular weight excluding hydrogens is 305 g/mol. The van der Waals surface area contributed by atoms with Crippen LogP contribution in [0, 0.1) is 11.7 Å². The summed E-state index contributed by atoms with van der Waals surface area (Å²) in [6.07, 6.45) is 7.38. The summed E-state index contributed by atoms with van der Waals surface area (Å²) >= 11 is 0. The number of carbonyl (C=O) groups is 1. The van der Waals surface area contributed by atoms with E-state index in [1.165, 1.54) is 18.9 Å². The van der Waals surface area contributed by atoms with Crippen molar-refractivity contribution in [2.75, 3.05) is 6.54 Å². The normalized spacial score (nSPS) is 22.6. The molecule has 1 N–H and O–H groups in total. The van der Waals surface area contributed by atoms with Crippen LogP contribution in [-0.2, 0) is 13.5 Å². The van der Waals surface area contributed by atoms with Crippen molar-refractivity contribution in [1.29, 1.82) is 0 Å². The van der Waals surface area contributed by atoms with Crippen LogP contribution in [0.15, 0.2) is 30.6 Å². The Morgan fingerprint density at radius 3 is 2.96 bits per heavy atom. The van der Waals surface area contributed by atoms with Gasteiger partial charge in [0.2, 0.25) is 0 Å². The Labute approximate surface area is 141 Å². The van der Waals surface area contributed by atoms with E-state index in [0.29, 0.717) is 12.0 Å². The molecule has 2 aliphatic rings. The molecule has 0 saturated heterocycles. The van der Waals surface area contributed by atoms with Crippen molar-refractivity contribution >= 4 is 5.78 Å². The van der Waals surface area contributed by atoms with Crippen molar-refractivity contribution < 1.29 is 9.18 Å². The minimum absolute atomic E-state index is 0.183. The minimum Gasteiger partial charge on any atom is -0.313 e. The highest BCUT2D eigenvalue weighted by Crippen LogP contribution is 2.42. The zero-order valence-electron chi connectivity index (χ0n) is 13.8. The largest absolute Gasteiger partial charge is 0.313 e. The van der Waals surface area contributed by atoms with Gasteiger partial charge in [0.25, 0.3) is 0 Å². The number of halogens is 1. The van der Waals surface area contributed by atoms with Crippen LogP contribution < -0.4 is 5.32 Å². The minimum atomic E-state index is -0.434. The number of rotatable bonds is 7. The van der Waals surface area contributed by atoms with E-state index in [1.54, 1.807) is 30.2 Å². The molecule has 0 spiro atoms. The van der Waals surface area contributed by atoms with Crippen LogP contribution in [0.5, 0.6) is 0 Å². The zero-order chi connectivity index (χ0) is 16.7. The monoisotopic (exact) mass is 327 g/mol. The number of Topliss-reactive ketones (excluding diaryl/α,β-unsaturated/α-hetero) is 1. The standard InChI is InChI=1S/C19H22FN3O/c1-23-11-13(10-22-23)6-19(24)16-7-14(4-5-17(16)20)15-8-18(15)21-9-12-2-3-12/h4-5,7,10-12,15,18,21H,2-3,6,8-9H2,1H3. The number of nitrogens with zero attached hydrogens (tertiary/aromatic N) is 2. The fourth-order valence-corrected chi connectivity index (χ4v) is 3.26. The molecule has 2 saturated carbocycles. The molecule has 2 aliphatic carbocycles. The Morgan fingerprint density at radius 2 is 2.25 bits per heavy atom. The number of nitrogens with one attached hydrogen (secondary N) is 1. The summed E-state index contributed by atoms with van der Waals surface area (Å²) in [4.78, 5) is 12.5. The fourth-order valence-electron chi connectivity index (χ4n) is 3.26. The number of aryl methyl sites for hydroxylation is 1. The van der Waals surface area contributed by atoms with E-state index in [2.05, 4.69) is 10.4 Å². The van der Waals surface area contributed by atoms with E-state index < -0.39 is 5.82 Å². The third kappa shape index (κ3) is 3.41. The number of benzene rings is 1. The number of ketones is 1. The fraction of sp³-hybridized carbons (Fsp3) is 0.474. The highest BCUT2D eigenvalue weighted by Gasteiger charge is 2.39. The SMILES string of the molecule is Cn1cc(CC(=O)c2cc(C3CC3NCC3CC3)ccc2F)cn1. The summed E-state index contributed by atoms with van der Waals surface area (Å²) in [5.41, 5.74) is 2.08. The van der Waals surface area contributed by atoms with Crippen molar-refractivity contribution in [3.8, 4) is 0 Å². The second-order valence-corrected chi connectivity index (χ2v) is 7.16. The van der Waals surface area contributed by atoms with E-state index >= 15 is 0 Å². The van der Waals surface area contributed by atoms with Crippen molar-refractivity contribution in [3.05, 3.63) is 53.1 Å². The summed E-state index contributed by atoms with van der Waals surface area (Å²) in [5, 5.41) is 7.64. The van der Waals surface area contributed by atoms with E-state index in [9.17, 15) is 9.18 Å². The second kappa shape index (κ2) is 6.13. The van der Waals surface area contributed by atoms with Gasteiger partial charge < -0.3 is 5.32 Å². The van der Waals surface area contributed by atoms with Gasteiger partial charge in [0.15, 0.2) is 5.78 Å². The van der Waals surface area contributed by atoms with Gasteiger partial charge >= 0.3 is 0 Å². The summed E-state index contributed by atoms with van der Waals surface area (Å²) in [6, 6.07) is 5.48. The Bertz CT molecular complexity index is 766. The first-order chi connectivity index (χ1) is 11.6. The Balaban J connectivity index is 1.44. The molecule has 0 amide bonds. The van der Waals surface area contributed by atoms with Gasteiger partial charge in [-0.05, 0) is 55.0 Å². The van der Waals surface area contributed by atoms with Gasteiger partial charge in [0, 0.05) is 31.6 Å². The lowest BCUT2D eigenvalue weighted by atomic mass is 10.00. The molecule has 1 aromatic heterocycles. The van der Waals surface area contributed by atoms with Crippen molar-refractivity contribution in [2.45, 2.75) is 37.6 Å². The first kappa shape index (κ1) is 15.5. The third-order valence-corrected chi connectivity index (χ3v) is 5.00. The van der Waals surface area contributed by atoms with Crippen molar-refractivity contribution in [1.82, 2.24) is 15.1 Å². The second-order valence-electron chi connectivity index (χ2n) is 7.16. The number of hydrogen-bond donors (Lipinski definition) is 1. The van der Waals surface area contributed by atoms with Gasteiger partial charge in [0.1, 0.15) is 5.82 Å². The smallest absolute Gasteiger partial charge is 0.170 e. The first-order valence-corrected chi connectivity index (χ1v) is 8.63. The van der Waals surface area contributed by atoms with E-state index in [0.717, 1.165) is 30.0 Å². The summed E-state index contributed by atoms with van der Waals surface area (Å²) < 4.78 is 15.8. The maximum absolute atomic E-state index is 14.1. The molecule has 0 bridgehead atoms. The molecule has 24 heavy (non-hydrogen) atoms. The zero-order valence-corrected chi connectivity index (χ0v) is 13.8. The van der Waals surface area contributed by atoms with Crippen LogP contribution >= 0.6 is 0 Å². The van der Waals surface area contributed by atoms with E-state index in [4.69, 9.17) is 0 Å². The van der Waals surface area contributed by atoms with Crippen molar-refractivity contribution in [2.24, 2.45) is 13.0 Å². The third-order valence-electron chi connectivity index (χ3n) is 5.00. The van der Waals surface area contributed by atoms with Gasteiger partial charge in [0.05, 0.1) is 11.8 Å². The highest BCUT2D eigenvalue weighted by molar-refractivity contribution is 5.97. The molecule has 4 nitrogen and oxygen atoms in total. The lowest BCUT2D eigenvalue weighted by Crippen LogP contribution is -2.20. The first-order valence-electron chi connectivity index (χ1n) is 8.63. The van der Waals surface area contributed by atoms with Crippen LogP contribution in [0.3, 0.4) is 0 Å². The Morgan fingerprint density at radius 1 is 1.42 bits per heavy atom. The summed E-state index contributed by atoms with van der Waals surface area (Å²) in [5.74, 6) is 0.645. The molecule has 1 heterocycles. The molecule has 2 fully saturated rings. The molecule has 2 atom stereocenters. The molecule has 126 valence electrons. The van der Waals surface area contributed by atoms with Crippen molar-refractivity contribution in [3.63, 3.8) is 0 Å². The van der Waals surface area contributed by atoms with Gasteiger partial charge in [-0.15, -0.1) is 0 Å². The van der Waals surface area contributed by atoms with Crippen LogP contribution in [0.1, 0.15) is 46.7 Å². The van der Waals surface area contributed by atoms with Crippen LogP contribution in [0.2, 0.25) is 0 Å². The molecule has 1 aromatic carbocycles. The molecule has 5 heteroatoms. The maximum atomic E-state index is 14.1. The molecule has 4 rings (SSSR count). The van der Waals surface area contributed by atoms with Gasteiger partial charge in [-0.1, -0.05) is 6.07 Å². The lowest BCUT2D eigenvalue weighted by Gasteiger charge is -2.07. The average molecular weight is 327 g/mol. The summed E-state index contributed by atoms with van der Waals surface area (Å²) in [7, 11) is 1.80. The van der Waals surface area contributed by atoms with Crippen LogP contribution in [-0.4, -0.2) is 28.2 Å². The molecule has 0 aliphatic heterocycles.